The molecule has 0 aliphatic carbocycles. The van der Waals surface area contributed by atoms with Gasteiger partial charge in [-0.25, -0.2) is 0 Å². The smallest absolute Gasteiger partial charge is 0.299 e. The van der Waals surface area contributed by atoms with Gasteiger partial charge in [0, 0.05) is 30.2 Å². The minimum Gasteiger partial charge on any atom is -0.497 e. The van der Waals surface area contributed by atoms with Crippen LogP contribution in [0.15, 0.2) is 102 Å². The summed E-state index contributed by atoms with van der Waals surface area (Å²) in [7, 11) is 1.58. The van der Waals surface area contributed by atoms with Crippen molar-refractivity contribution >= 4 is 17.3 Å². The second-order valence-corrected chi connectivity index (χ2v) is 9.34. The van der Waals surface area contributed by atoms with Crippen molar-refractivity contribution in [2.75, 3.05) is 12.4 Å². The van der Waals surface area contributed by atoms with Crippen LogP contribution < -0.4 is 25.7 Å². The highest BCUT2D eigenvalue weighted by Crippen LogP contribution is 2.32. The number of nitrogens with one attached hydrogen (secondary N) is 2. The van der Waals surface area contributed by atoms with Gasteiger partial charge in [0.1, 0.15) is 11.5 Å². The van der Waals surface area contributed by atoms with E-state index in [2.05, 4.69) is 20.7 Å². The third kappa shape index (κ3) is 6.25. The van der Waals surface area contributed by atoms with Gasteiger partial charge < -0.3 is 20.1 Å². The van der Waals surface area contributed by atoms with Crippen LogP contribution in [0, 0.1) is 13.8 Å². The SMILES string of the molecule is COc1ccc(-n2ncc(Oc3cccc(C)c3C)c(Nc3cccc(C(=O)NCc4ccncc4)c3)c2=O)cc1. The van der Waals surface area contributed by atoms with Gasteiger partial charge in [-0.2, -0.15) is 9.78 Å². The van der Waals surface area contributed by atoms with E-state index < -0.39 is 5.56 Å². The molecule has 0 aliphatic rings. The molecule has 0 fully saturated rings. The van der Waals surface area contributed by atoms with Crippen molar-refractivity contribution in [3.05, 3.63) is 130 Å². The van der Waals surface area contributed by atoms with E-state index in [4.69, 9.17) is 9.47 Å². The van der Waals surface area contributed by atoms with Gasteiger partial charge in [-0.1, -0.05) is 18.2 Å². The van der Waals surface area contributed by atoms with Crippen LogP contribution in [-0.2, 0) is 6.54 Å². The molecule has 0 aliphatic heterocycles. The molecule has 0 radical (unpaired) electrons. The van der Waals surface area contributed by atoms with Crippen LogP contribution in [0.5, 0.6) is 17.2 Å². The number of anilines is 2. The third-order valence-electron chi connectivity index (χ3n) is 6.63. The van der Waals surface area contributed by atoms with Crippen LogP contribution in [-0.4, -0.2) is 27.8 Å². The Hall–Kier alpha value is -5.44. The number of carbonyl (C=O) groups excluding carboxylic acids is 1. The predicted molar refractivity (Wildman–Crippen MR) is 158 cm³/mol. The molecule has 0 saturated heterocycles. The molecule has 9 heteroatoms. The van der Waals surface area contributed by atoms with E-state index in [0.717, 1.165) is 16.7 Å². The number of rotatable bonds is 9. The number of aromatic nitrogens is 3. The van der Waals surface area contributed by atoms with E-state index in [1.807, 2.05) is 44.2 Å². The van der Waals surface area contributed by atoms with Crippen molar-refractivity contribution in [2.24, 2.45) is 0 Å². The Kier molecular flexibility index (Phi) is 8.05. The number of benzene rings is 3. The van der Waals surface area contributed by atoms with Gasteiger partial charge in [-0.05, 0) is 91.2 Å². The first-order chi connectivity index (χ1) is 19.9. The van der Waals surface area contributed by atoms with Crippen molar-refractivity contribution in [3.63, 3.8) is 0 Å². The molecule has 0 unspecified atom stereocenters. The van der Waals surface area contributed by atoms with E-state index in [1.165, 1.54) is 10.9 Å². The molecular formula is C32H29N5O4. The van der Waals surface area contributed by atoms with Gasteiger partial charge in [0.2, 0.25) is 0 Å². The molecule has 0 atom stereocenters. The molecule has 1 amide bonds. The zero-order valence-corrected chi connectivity index (χ0v) is 22.9. The van der Waals surface area contributed by atoms with Crippen LogP contribution >= 0.6 is 0 Å². The summed E-state index contributed by atoms with van der Waals surface area (Å²) < 4.78 is 12.7. The number of amides is 1. The zero-order valence-electron chi connectivity index (χ0n) is 22.9. The number of hydrogen-bond acceptors (Lipinski definition) is 7. The van der Waals surface area contributed by atoms with Crippen LogP contribution in [0.1, 0.15) is 27.0 Å². The lowest BCUT2D eigenvalue weighted by atomic mass is 10.1. The molecule has 2 heterocycles. The van der Waals surface area contributed by atoms with E-state index in [9.17, 15) is 9.59 Å². The summed E-state index contributed by atoms with van der Waals surface area (Å²) in [6, 6.07) is 23.3. The summed E-state index contributed by atoms with van der Waals surface area (Å²) in [5, 5.41) is 10.5. The quantitative estimate of drug-likeness (QED) is 0.243. The Morgan fingerprint density at radius 2 is 1.68 bits per heavy atom. The maximum atomic E-state index is 13.8. The number of aryl methyl sites for hydroxylation is 1. The van der Waals surface area contributed by atoms with Crippen LogP contribution in [0.25, 0.3) is 5.69 Å². The minimum atomic E-state index is -0.425. The molecule has 3 aromatic carbocycles. The summed E-state index contributed by atoms with van der Waals surface area (Å²) in [5.41, 5.74) is 4.22. The summed E-state index contributed by atoms with van der Waals surface area (Å²) in [6.07, 6.45) is 4.86. The standard InChI is InChI=1S/C32H29N5O4/c1-21-6-4-9-28(22(21)2)41-29-20-35-37(26-10-12-27(40-3)13-11-26)32(39)30(29)36-25-8-5-7-24(18-25)31(38)34-19-23-14-16-33-17-15-23/h4-18,20,36H,19H2,1-3H3,(H,34,38). The number of pyridine rings is 1. The molecule has 9 nitrogen and oxygen atoms in total. The van der Waals surface area contributed by atoms with Crippen LogP contribution in [0.3, 0.4) is 0 Å². The Morgan fingerprint density at radius 1 is 0.927 bits per heavy atom. The van der Waals surface area contributed by atoms with Crippen molar-refractivity contribution in [1.82, 2.24) is 20.1 Å². The summed E-state index contributed by atoms with van der Waals surface area (Å²) in [4.78, 5) is 30.7. The summed E-state index contributed by atoms with van der Waals surface area (Å²) in [6.45, 7) is 4.31. The number of methoxy groups -OCH3 is 1. The fourth-order valence-corrected chi connectivity index (χ4v) is 4.16. The molecule has 0 saturated carbocycles. The molecule has 0 bridgehead atoms. The minimum absolute atomic E-state index is 0.172. The monoisotopic (exact) mass is 547 g/mol. The van der Waals surface area contributed by atoms with Crippen molar-refractivity contribution in [1.29, 1.82) is 0 Å². The normalized spacial score (nSPS) is 10.6. The van der Waals surface area contributed by atoms with Crippen LogP contribution in [0.4, 0.5) is 11.4 Å². The molecule has 206 valence electrons. The first-order valence-corrected chi connectivity index (χ1v) is 13.0. The zero-order chi connectivity index (χ0) is 28.8. The van der Waals surface area contributed by atoms with E-state index in [1.54, 1.807) is 68.0 Å². The largest absolute Gasteiger partial charge is 0.497 e. The van der Waals surface area contributed by atoms with Gasteiger partial charge in [-0.15, -0.1) is 0 Å². The van der Waals surface area contributed by atoms with Crippen LogP contribution in [0.2, 0.25) is 0 Å². The lowest BCUT2D eigenvalue weighted by Crippen LogP contribution is -2.24. The number of ether oxygens (including phenoxy) is 2. The average Bonchev–Trinajstić information content (AvgIpc) is 3.01. The number of hydrogen-bond donors (Lipinski definition) is 2. The van der Waals surface area contributed by atoms with E-state index >= 15 is 0 Å². The number of nitrogens with zero attached hydrogens (tertiary/aromatic N) is 3. The summed E-state index contributed by atoms with van der Waals surface area (Å²) >= 11 is 0. The van der Waals surface area contributed by atoms with Gasteiger partial charge >= 0.3 is 0 Å². The molecular weight excluding hydrogens is 518 g/mol. The van der Waals surface area contributed by atoms with Crippen molar-refractivity contribution < 1.29 is 14.3 Å². The van der Waals surface area contributed by atoms with E-state index in [-0.39, 0.29) is 17.3 Å². The molecule has 2 N–H and O–H groups in total. The second-order valence-electron chi connectivity index (χ2n) is 9.34. The Balaban J connectivity index is 1.48. The van der Waals surface area contributed by atoms with Gasteiger partial charge in [0.25, 0.3) is 11.5 Å². The highest BCUT2D eigenvalue weighted by atomic mass is 16.5. The van der Waals surface area contributed by atoms with Crippen molar-refractivity contribution in [3.8, 4) is 22.9 Å². The molecule has 5 aromatic rings. The van der Waals surface area contributed by atoms with E-state index in [0.29, 0.717) is 35.0 Å². The first kappa shape index (κ1) is 27.1. The fraction of sp³-hybridized carbons (Fsp3) is 0.125. The Morgan fingerprint density at radius 3 is 2.44 bits per heavy atom. The predicted octanol–water partition coefficient (Wildman–Crippen LogP) is 5.72. The van der Waals surface area contributed by atoms with Crippen molar-refractivity contribution in [2.45, 2.75) is 20.4 Å². The lowest BCUT2D eigenvalue weighted by Gasteiger charge is -2.16. The van der Waals surface area contributed by atoms with Gasteiger partial charge in [0.05, 0.1) is 19.0 Å². The fourth-order valence-electron chi connectivity index (χ4n) is 4.16. The highest BCUT2D eigenvalue weighted by molar-refractivity contribution is 5.95. The molecule has 5 rings (SSSR count). The average molecular weight is 548 g/mol. The molecule has 41 heavy (non-hydrogen) atoms. The first-order valence-electron chi connectivity index (χ1n) is 13.0. The third-order valence-corrected chi connectivity index (χ3v) is 6.63. The number of carbonyl (C=O) groups is 1. The lowest BCUT2D eigenvalue weighted by molar-refractivity contribution is 0.0951. The molecule has 0 spiro atoms. The van der Waals surface area contributed by atoms with Gasteiger partial charge in [0.15, 0.2) is 11.4 Å². The highest BCUT2D eigenvalue weighted by Gasteiger charge is 2.17. The topological polar surface area (TPSA) is 107 Å². The maximum absolute atomic E-state index is 13.8. The summed E-state index contributed by atoms with van der Waals surface area (Å²) in [5.74, 6) is 1.28. The Bertz CT molecular complexity index is 1730. The van der Waals surface area contributed by atoms with Gasteiger partial charge in [-0.3, -0.25) is 14.6 Å². The molecule has 2 aromatic heterocycles. The second kappa shape index (κ2) is 12.2. The maximum Gasteiger partial charge on any atom is 0.299 e. The Labute approximate surface area is 237 Å².